The van der Waals surface area contributed by atoms with Crippen molar-refractivity contribution in [1.82, 2.24) is 20.1 Å². The number of rotatable bonds is 6. The molecule has 1 aromatic carbocycles. The molecule has 0 spiro atoms. The summed E-state index contributed by atoms with van der Waals surface area (Å²) in [5.41, 5.74) is 1.18. The Kier molecular flexibility index (Phi) is 4.81. The molecule has 0 saturated carbocycles. The van der Waals surface area contributed by atoms with Gasteiger partial charge >= 0.3 is 0 Å². The van der Waals surface area contributed by atoms with Gasteiger partial charge in [-0.2, -0.15) is 5.10 Å². The minimum absolute atomic E-state index is 0.315. The Balaban J connectivity index is 1.83. The van der Waals surface area contributed by atoms with Crippen LogP contribution in [0.15, 0.2) is 18.2 Å². The lowest BCUT2D eigenvalue weighted by Gasteiger charge is -2.25. The van der Waals surface area contributed by atoms with E-state index >= 15 is 0 Å². The smallest absolute Gasteiger partial charge is 0.150 e. The summed E-state index contributed by atoms with van der Waals surface area (Å²) in [4.78, 5) is 6.96. The third-order valence-electron chi connectivity index (χ3n) is 4.41. The lowest BCUT2D eigenvalue weighted by atomic mass is 10.0. The molecule has 0 aliphatic carbocycles. The summed E-state index contributed by atoms with van der Waals surface area (Å²) in [7, 11) is 3.41. The number of likely N-dealkylation sites (tertiary alicyclic amines) is 1. The summed E-state index contributed by atoms with van der Waals surface area (Å²) in [6.45, 7) is 3.89. The monoisotopic (exact) mass is 316 g/mol. The summed E-state index contributed by atoms with van der Waals surface area (Å²) in [5.74, 6) is 3.57. The molecule has 0 radical (unpaired) electrons. The number of hydrogen-bond acceptors (Lipinski definition) is 5. The lowest BCUT2D eigenvalue weighted by Crippen LogP contribution is -2.24. The van der Waals surface area contributed by atoms with Gasteiger partial charge in [-0.1, -0.05) is 6.92 Å². The van der Waals surface area contributed by atoms with Crippen LogP contribution in [0.3, 0.4) is 0 Å². The predicted molar refractivity (Wildman–Crippen MR) is 87.7 cm³/mol. The molecule has 1 aliphatic heterocycles. The number of benzene rings is 1. The van der Waals surface area contributed by atoms with E-state index in [9.17, 15) is 0 Å². The molecule has 6 heteroatoms. The van der Waals surface area contributed by atoms with E-state index in [0.717, 1.165) is 49.1 Å². The van der Waals surface area contributed by atoms with E-state index in [2.05, 4.69) is 33.1 Å². The fourth-order valence-electron chi connectivity index (χ4n) is 3.22. The zero-order valence-corrected chi connectivity index (χ0v) is 14.0. The summed E-state index contributed by atoms with van der Waals surface area (Å²) in [5, 5.41) is 7.28. The average Bonchev–Trinajstić information content (AvgIpc) is 3.23. The molecule has 1 aromatic heterocycles. The van der Waals surface area contributed by atoms with E-state index in [1.165, 1.54) is 12.0 Å². The van der Waals surface area contributed by atoms with Gasteiger partial charge in [0.1, 0.15) is 23.1 Å². The van der Waals surface area contributed by atoms with Crippen molar-refractivity contribution in [3.8, 4) is 11.5 Å². The van der Waals surface area contributed by atoms with E-state index in [4.69, 9.17) is 9.47 Å². The molecule has 0 bridgehead atoms. The molecule has 124 valence electrons. The van der Waals surface area contributed by atoms with Crippen LogP contribution >= 0.6 is 0 Å². The number of hydrogen-bond donors (Lipinski definition) is 1. The average molecular weight is 316 g/mol. The Labute approximate surface area is 136 Å². The normalized spacial score (nSPS) is 18.3. The molecular formula is C17H24N4O2. The van der Waals surface area contributed by atoms with Gasteiger partial charge in [0.2, 0.25) is 0 Å². The van der Waals surface area contributed by atoms with Gasteiger partial charge in [0.25, 0.3) is 0 Å². The standard InChI is InChI=1S/C17H24N4O2/c1-4-16-18-17(20-19-16)11-21-9-5-6-14(21)13-10-12(22-2)7-8-15(13)23-3/h7-8,10,14H,4-6,9,11H2,1-3H3,(H,18,19,20)/t14-/m0/s1. The van der Waals surface area contributed by atoms with E-state index in [-0.39, 0.29) is 0 Å². The zero-order valence-electron chi connectivity index (χ0n) is 14.0. The van der Waals surface area contributed by atoms with Crippen molar-refractivity contribution in [2.45, 2.75) is 38.8 Å². The maximum Gasteiger partial charge on any atom is 0.150 e. The first kappa shape index (κ1) is 15.8. The highest BCUT2D eigenvalue weighted by Crippen LogP contribution is 2.39. The van der Waals surface area contributed by atoms with Crippen LogP contribution in [0.2, 0.25) is 0 Å². The fourth-order valence-corrected chi connectivity index (χ4v) is 3.22. The van der Waals surface area contributed by atoms with Crippen LogP contribution in [-0.2, 0) is 13.0 Å². The van der Waals surface area contributed by atoms with Crippen molar-refractivity contribution in [1.29, 1.82) is 0 Å². The molecule has 6 nitrogen and oxygen atoms in total. The van der Waals surface area contributed by atoms with Gasteiger partial charge in [0, 0.05) is 18.0 Å². The molecule has 1 aliphatic rings. The molecule has 1 atom stereocenters. The maximum absolute atomic E-state index is 5.56. The first-order valence-corrected chi connectivity index (χ1v) is 8.11. The minimum Gasteiger partial charge on any atom is -0.497 e. The second kappa shape index (κ2) is 7.00. The third kappa shape index (κ3) is 3.32. The molecule has 2 heterocycles. The van der Waals surface area contributed by atoms with Crippen molar-refractivity contribution in [2.75, 3.05) is 20.8 Å². The fraction of sp³-hybridized carbons (Fsp3) is 0.529. The largest absolute Gasteiger partial charge is 0.497 e. The first-order valence-electron chi connectivity index (χ1n) is 8.11. The SMILES string of the molecule is CCc1n[nH]c(CN2CCC[C@H]2c2cc(OC)ccc2OC)n1. The summed E-state index contributed by atoms with van der Waals surface area (Å²) >= 11 is 0. The summed E-state index contributed by atoms with van der Waals surface area (Å²) in [6, 6.07) is 6.31. The van der Waals surface area contributed by atoms with E-state index < -0.39 is 0 Å². The van der Waals surface area contributed by atoms with Gasteiger partial charge in [-0.05, 0) is 37.6 Å². The van der Waals surface area contributed by atoms with Crippen LogP contribution in [0.4, 0.5) is 0 Å². The molecular weight excluding hydrogens is 292 g/mol. The van der Waals surface area contributed by atoms with Crippen molar-refractivity contribution in [3.63, 3.8) is 0 Å². The Morgan fingerprint density at radius 3 is 2.87 bits per heavy atom. The van der Waals surface area contributed by atoms with Crippen molar-refractivity contribution in [3.05, 3.63) is 35.4 Å². The highest BCUT2D eigenvalue weighted by molar-refractivity contribution is 5.42. The van der Waals surface area contributed by atoms with E-state index in [1.807, 2.05) is 12.1 Å². The number of ether oxygens (including phenoxy) is 2. The number of nitrogens with one attached hydrogen (secondary N) is 1. The number of aryl methyl sites for hydroxylation is 1. The van der Waals surface area contributed by atoms with E-state index in [0.29, 0.717) is 6.04 Å². The maximum atomic E-state index is 5.56. The van der Waals surface area contributed by atoms with Crippen LogP contribution in [-0.4, -0.2) is 40.8 Å². The molecule has 1 saturated heterocycles. The predicted octanol–water partition coefficient (Wildman–Crippen LogP) is 2.72. The molecule has 0 unspecified atom stereocenters. The van der Waals surface area contributed by atoms with Gasteiger partial charge in [-0.3, -0.25) is 10.00 Å². The van der Waals surface area contributed by atoms with Crippen LogP contribution < -0.4 is 9.47 Å². The number of aromatic nitrogens is 3. The van der Waals surface area contributed by atoms with Crippen LogP contribution in [0, 0.1) is 0 Å². The van der Waals surface area contributed by atoms with Gasteiger partial charge in [-0.15, -0.1) is 0 Å². The highest BCUT2D eigenvalue weighted by Gasteiger charge is 2.29. The van der Waals surface area contributed by atoms with Crippen LogP contribution in [0.5, 0.6) is 11.5 Å². The topological polar surface area (TPSA) is 63.3 Å². The number of methoxy groups -OCH3 is 2. The number of aromatic amines is 1. The minimum atomic E-state index is 0.315. The molecule has 1 N–H and O–H groups in total. The summed E-state index contributed by atoms with van der Waals surface area (Å²) in [6.07, 6.45) is 3.13. The second-order valence-corrected chi connectivity index (χ2v) is 5.79. The zero-order chi connectivity index (χ0) is 16.2. The van der Waals surface area contributed by atoms with Crippen LogP contribution in [0.25, 0.3) is 0 Å². The number of nitrogens with zero attached hydrogens (tertiary/aromatic N) is 3. The molecule has 0 amide bonds. The van der Waals surface area contributed by atoms with Crippen LogP contribution in [0.1, 0.15) is 43.0 Å². The summed E-state index contributed by atoms with van der Waals surface area (Å²) < 4.78 is 10.9. The van der Waals surface area contributed by atoms with Crippen molar-refractivity contribution in [2.24, 2.45) is 0 Å². The number of H-pyrrole nitrogens is 1. The Hall–Kier alpha value is -2.08. The van der Waals surface area contributed by atoms with Crippen molar-refractivity contribution < 1.29 is 9.47 Å². The molecule has 1 fully saturated rings. The van der Waals surface area contributed by atoms with Gasteiger partial charge in [0.15, 0.2) is 0 Å². The Morgan fingerprint density at radius 1 is 1.30 bits per heavy atom. The Morgan fingerprint density at radius 2 is 2.17 bits per heavy atom. The molecule has 3 rings (SSSR count). The highest BCUT2D eigenvalue weighted by atomic mass is 16.5. The second-order valence-electron chi connectivity index (χ2n) is 5.79. The van der Waals surface area contributed by atoms with Gasteiger partial charge in [0.05, 0.1) is 20.8 Å². The van der Waals surface area contributed by atoms with E-state index in [1.54, 1.807) is 14.2 Å². The Bertz CT molecular complexity index is 656. The molecule has 23 heavy (non-hydrogen) atoms. The third-order valence-corrected chi connectivity index (χ3v) is 4.41. The molecule has 2 aromatic rings. The van der Waals surface area contributed by atoms with Gasteiger partial charge in [-0.25, -0.2) is 4.98 Å². The lowest BCUT2D eigenvalue weighted by molar-refractivity contribution is 0.237. The quantitative estimate of drug-likeness (QED) is 0.888. The van der Waals surface area contributed by atoms with Crippen molar-refractivity contribution >= 4 is 0 Å². The van der Waals surface area contributed by atoms with Gasteiger partial charge < -0.3 is 9.47 Å². The first-order chi connectivity index (χ1) is 11.2.